The standard InChI is InChI=1S/C14H10BrClFNO/c15-9-2-1-3-12-14(9)19-13(7-18-12)8-4-5-11(17)10(16)6-8/h1-6,13,18H,7H2. The summed E-state index contributed by atoms with van der Waals surface area (Å²) in [6.45, 7) is 0.616. The van der Waals surface area contributed by atoms with Crippen molar-refractivity contribution < 1.29 is 9.13 Å². The van der Waals surface area contributed by atoms with E-state index < -0.39 is 5.82 Å². The van der Waals surface area contributed by atoms with Crippen molar-refractivity contribution in [2.45, 2.75) is 6.10 Å². The first-order valence-electron chi connectivity index (χ1n) is 5.79. The van der Waals surface area contributed by atoms with Gasteiger partial charge in [-0.3, -0.25) is 0 Å². The van der Waals surface area contributed by atoms with Gasteiger partial charge in [-0.1, -0.05) is 23.7 Å². The van der Waals surface area contributed by atoms with Crippen LogP contribution in [0.2, 0.25) is 5.02 Å². The van der Waals surface area contributed by atoms with Gasteiger partial charge in [-0.05, 0) is 45.8 Å². The average Bonchev–Trinajstić information content (AvgIpc) is 2.42. The fraction of sp³-hybridized carbons (Fsp3) is 0.143. The third kappa shape index (κ3) is 2.42. The van der Waals surface area contributed by atoms with E-state index in [2.05, 4.69) is 21.2 Å². The predicted octanol–water partition coefficient (Wildman–Crippen LogP) is 4.79. The van der Waals surface area contributed by atoms with Gasteiger partial charge in [0.2, 0.25) is 0 Å². The highest BCUT2D eigenvalue weighted by atomic mass is 79.9. The molecule has 1 unspecified atom stereocenters. The van der Waals surface area contributed by atoms with Crippen LogP contribution in [0.4, 0.5) is 10.1 Å². The van der Waals surface area contributed by atoms with E-state index in [1.165, 1.54) is 6.07 Å². The highest BCUT2D eigenvalue weighted by Crippen LogP contribution is 2.40. The SMILES string of the molecule is Fc1ccc(C2CNc3cccc(Br)c3O2)cc1Cl. The van der Waals surface area contributed by atoms with Crippen LogP contribution in [0.5, 0.6) is 5.75 Å². The summed E-state index contributed by atoms with van der Waals surface area (Å²) in [5, 5.41) is 3.40. The van der Waals surface area contributed by atoms with Crippen LogP contribution < -0.4 is 10.1 Å². The summed E-state index contributed by atoms with van der Waals surface area (Å²) < 4.78 is 20.0. The first-order chi connectivity index (χ1) is 9.15. The topological polar surface area (TPSA) is 21.3 Å². The Morgan fingerprint density at radius 3 is 2.95 bits per heavy atom. The molecule has 1 atom stereocenters. The summed E-state index contributed by atoms with van der Waals surface area (Å²) >= 11 is 9.26. The molecule has 0 saturated carbocycles. The minimum absolute atomic E-state index is 0.110. The average molecular weight is 343 g/mol. The Balaban J connectivity index is 1.93. The van der Waals surface area contributed by atoms with Crippen molar-refractivity contribution in [2.24, 2.45) is 0 Å². The molecule has 3 rings (SSSR count). The second kappa shape index (κ2) is 5.02. The van der Waals surface area contributed by atoms with Gasteiger partial charge in [-0.2, -0.15) is 0 Å². The van der Waals surface area contributed by atoms with E-state index in [1.807, 2.05) is 18.2 Å². The van der Waals surface area contributed by atoms with Crippen LogP contribution in [-0.2, 0) is 0 Å². The van der Waals surface area contributed by atoms with Gasteiger partial charge in [0.15, 0.2) is 5.75 Å². The molecule has 2 aromatic carbocycles. The molecular formula is C14H10BrClFNO. The Hall–Kier alpha value is -1.26. The molecule has 0 aliphatic carbocycles. The van der Waals surface area contributed by atoms with Crippen molar-refractivity contribution in [3.05, 3.63) is 57.3 Å². The largest absolute Gasteiger partial charge is 0.481 e. The van der Waals surface area contributed by atoms with Crippen molar-refractivity contribution in [3.8, 4) is 5.75 Å². The minimum Gasteiger partial charge on any atom is -0.481 e. The van der Waals surface area contributed by atoms with Gasteiger partial charge in [0.1, 0.15) is 11.9 Å². The number of rotatable bonds is 1. The molecule has 2 aromatic rings. The van der Waals surface area contributed by atoms with Gasteiger partial charge >= 0.3 is 0 Å². The van der Waals surface area contributed by atoms with Crippen LogP contribution in [0.25, 0.3) is 0 Å². The predicted molar refractivity (Wildman–Crippen MR) is 77.4 cm³/mol. The summed E-state index contributed by atoms with van der Waals surface area (Å²) in [4.78, 5) is 0. The number of halogens is 3. The maximum Gasteiger partial charge on any atom is 0.157 e. The molecule has 19 heavy (non-hydrogen) atoms. The van der Waals surface area contributed by atoms with Gasteiger partial charge in [0.05, 0.1) is 21.7 Å². The molecule has 0 aromatic heterocycles. The van der Waals surface area contributed by atoms with Gasteiger partial charge in [-0.15, -0.1) is 0 Å². The molecule has 0 radical (unpaired) electrons. The van der Waals surface area contributed by atoms with Gasteiger partial charge in [-0.25, -0.2) is 4.39 Å². The van der Waals surface area contributed by atoms with Crippen molar-refractivity contribution in [1.82, 2.24) is 0 Å². The molecule has 1 aliphatic heterocycles. The second-order valence-corrected chi connectivity index (χ2v) is 5.54. The Morgan fingerprint density at radius 1 is 1.32 bits per heavy atom. The summed E-state index contributed by atoms with van der Waals surface area (Å²) in [5.74, 6) is 0.343. The van der Waals surface area contributed by atoms with Gasteiger partial charge in [0.25, 0.3) is 0 Å². The lowest BCUT2D eigenvalue weighted by Gasteiger charge is -2.28. The lowest BCUT2D eigenvalue weighted by Crippen LogP contribution is -2.23. The van der Waals surface area contributed by atoms with Crippen molar-refractivity contribution in [3.63, 3.8) is 0 Å². The normalized spacial score (nSPS) is 17.3. The number of hydrogen-bond acceptors (Lipinski definition) is 2. The molecular weight excluding hydrogens is 333 g/mol. The number of benzene rings is 2. The highest BCUT2D eigenvalue weighted by molar-refractivity contribution is 9.10. The minimum atomic E-state index is -0.421. The molecule has 0 saturated heterocycles. The van der Waals surface area contributed by atoms with Crippen LogP contribution in [-0.4, -0.2) is 6.54 Å². The van der Waals surface area contributed by atoms with E-state index in [9.17, 15) is 4.39 Å². The van der Waals surface area contributed by atoms with E-state index in [1.54, 1.807) is 12.1 Å². The molecule has 0 amide bonds. The van der Waals surface area contributed by atoms with E-state index in [4.69, 9.17) is 16.3 Å². The first-order valence-corrected chi connectivity index (χ1v) is 6.96. The molecule has 1 aliphatic rings. The number of para-hydroxylation sites is 1. The number of anilines is 1. The number of fused-ring (bicyclic) bond motifs is 1. The van der Waals surface area contributed by atoms with Gasteiger partial charge in [0, 0.05) is 0 Å². The van der Waals surface area contributed by atoms with Crippen LogP contribution in [0.1, 0.15) is 11.7 Å². The summed E-state index contributed by atoms with van der Waals surface area (Å²) in [7, 11) is 0. The fourth-order valence-electron chi connectivity index (χ4n) is 2.05. The quantitative estimate of drug-likeness (QED) is 0.805. The Labute approximate surface area is 123 Å². The number of ether oxygens (including phenoxy) is 1. The maximum atomic E-state index is 13.2. The molecule has 2 nitrogen and oxygen atoms in total. The zero-order valence-corrected chi connectivity index (χ0v) is 12.1. The van der Waals surface area contributed by atoms with E-state index >= 15 is 0 Å². The lowest BCUT2D eigenvalue weighted by molar-refractivity contribution is 0.209. The Morgan fingerprint density at radius 2 is 2.16 bits per heavy atom. The zero-order valence-electron chi connectivity index (χ0n) is 9.79. The number of nitrogens with one attached hydrogen (secondary N) is 1. The monoisotopic (exact) mass is 341 g/mol. The maximum absolute atomic E-state index is 13.2. The Bertz CT molecular complexity index is 635. The van der Waals surface area contributed by atoms with Crippen molar-refractivity contribution in [2.75, 3.05) is 11.9 Å². The molecule has 0 fully saturated rings. The second-order valence-electron chi connectivity index (χ2n) is 4.28. The lowest BCUT2D eigenvalue weighted by atomic mass is 10.1. The third-order valence-electron chi connectivity index (χ3n) is 3.02. The van der Waals surface area contributed by atoms with Crippen LogP contribution >= 0.6 is 27.5 Å². The van der Waals surface area contributed by atoms with E-state index in [0.717, 1.165) is 21.5 Å². The molecule has 0 bridgehead atoms. The number of hydrogen-bond donors (Lipinski definition) is 1. The van der Waals surface area contributed by atoms with Crippen LogP contribution in [0.15, 0.2) is 40.9 Å². The third-order valence-corrected chi connectivity index (χ3v) is 3.93. The summed E-state index contributed by atoms with van der Waals surface area (Å²) in [5.41, 5.74) is 1.79. The van der Waals surface area contributed by atoms with Crippen molar-refractivity contribution in [1.29, 1.82) is 0 Å². The van der Waals surface area contributed by atoms with Gasteiger partial charge < -0.3 is 10.1 Å². The van der Waals surface area contributed by atoms with E-state index in [-0.39, 0.29) is 11.1 Å². The first kappa shape index (κ1) is 12.8. The fourth-order valence-corrected chi connectivity index (χ4v) is 2.70. The molecule has 1 heterocycles. The molecule has 0 spiro atoms. The highest BCUT2D eigenvalue weighted by Gasteiger charge is 2.23. The van der Waals surface area contributed by atoms with Crippen molar-refractivity contribution >= 4 is 33.2 Å². The zero-order chi connectivity index (χ0) is 13.4. The molecule has 5 heteroatoms. The summed E-state index contributed by atoms with van der Waals surface area (Å²) in [6.07, 6.45) is -0.190. The van der Waals surface area contributed by atoms with E-state index in [0.29, 0.717) is 6.54 Å². The molecule has 1 N–H and O–H groups in total. The smallest absolute Gasteiger partial charge is 0.157 e. The Kier molecular flexibility index (Phi) is 3.37. The van der Waals surface area contributed by atoms with Crippen LogP contribution in [0, 0.1) is 5.82 Å². The molecule has 98 valence electrons. The van der Waals surface area contributed by atoms with Crippen LogP contribution in [0.3, 0.4) is 0 Å². The summed E-state index contributed by atoms with van der Waals surface area (Å²) in [6, 6.07) is 10.5.